The monoisotopic (exact) mass is 260 g/mol. The van der Waals surface area contributed by atoms with Gasteiger partial charge < -0.3 is 4.74 Å². The molecule has 0 saturated carbocycles. The van der Waals surface area contributed by atoms with Gasteiger partial charge in [-0.1, -0.05) is 12.1 Å². The molecule has 0 N–H and O–H groups in total. The third kappa shape index (κ3) is 3.24. The molecule has 1 atom stereocenters. The first-order chi connectivity index (χ1) is 9.22. The van der Waals surface area contributed by atoms with Crippen LogP contribution in [0.15, 0.2) is 24.3 Å². The van der Waals surface area contributed by atoms with Crippen LogP contribution in [0, 0.1) is 11.3 Å². The molecule has 5 nitrogen and oxygen atoms in total. The highest BCUT2D eigenvalue weighted by atomic mass is 16.7. The predicted octanol–water partition coefficient (Wildman–Crippen LogP) is 1.88. The molecule has 2 rings (SSSR count). The van der Waals surface area contributed by atoms with Crippen LogP contribution in [0.25, 0.3) is 0 Å². The molecule has 1 heterocycles. The van der Waals surface area contributed by atoms with Gasteiger partial charge >= 0.3 is 0 Å². The highest BCUT2D eigenvalue weighted by molar-refractivity contribution is 5.80. The van der Waals surface area contributed by atoms with E-state index in [2.05, 4.69) is 0 Å². The molecular formula is C14H16N2O3. The Hall–Kier alpha value is -2.06. The first-order valence-corrected chi connectivity index (χ1v) is 6.32. The molecule has 1 aliphatic heterocycles. The van der Waals surface area contributed by atoms with Crippen LogP contribution in [0.3, 0.4) is 0 Å². The molecule has 0 aliphatic carbocycles. The number of benzene rings is 1. The van der Waals surface area contributed by atoms with E-state index in [1.807, 2.05) is 6.07 Å². The van der Waals surface area contributed by atoms with E-state index in [1.54, 1.807) is 31.2 Å². The summed E-state index contributed by atoms with van der Waals surface area (Å²) in [5, 5.41) is 10.3. The van der Waals surface area contributed by atoms with Crippen LogP contribution in [-0.4, -0.2) is 30.2 Å². The number of nitrogens with zero attached hydrogens (tertiary/aromatic N) is 2. The van der Waals surface area contributed by atoms with Crippen molar-refractivity contribution in [2.75, 3.05) is 13.2 Å². The normalized spacial score (nSPS) is 16.5. The fourth-order valence-corrected chi connectivity index (χ4v) is 1.88. The maximum absolute atomic E-state index is 12.1. The van der Waals surface area contributed by atoms with Crippen molar-refractivity contribution in [3.05, 3.63) is 29.8 Å². The maximum atomic E-state index is 12.1. The summed E-state index contributed by atoms with van der Waals surface area (Å²) >= 11 is 0. The lowest BCUT2D eigenvalue weighted by Gasteiger charge is -2.28. The summed E-state index contributed by atoms with van der Waals surface area (Å²) in [6.07, 6.45) is 1.23. The fourth-order valence-electron chi connectivity index (χ4n) is 1.88. The molecular weight excluding hydrogens is 244 g/mol. The number of hydrogen-bond donors (Lipinski definition) is 0. The van der Waals surface area contributed by atoms with Crippen LogP contribution in [-0.2, 0) is 9.63 Å². The average Bonchev–Trinajstić information content (AvgIpc) is 2.48. The van der Waals surface area contributed by atoms with Gasteiger partial charge in [-0.15, -0.1) is 0 Å². The molecule has 100 valence electrons. The van der Waals surface area contributed by atoms with Gasteiger partial charge in [-0.05, 0) is 31.9 Å². The molecule has 0 radical (unpaired) electrons. The zero-order valence-electron chi connectivity index (χ0n) is 10.8. The third-order valence-corrected chi connectivity index (χ3v) is 2.91. The summed E-state index contributed by atoms with van der Waals surface area (Å²) in [6.45, 7) is 2.81. The number of nitriles is 1. The smallest absolute Gasteiger partial charge is 0.286 e. The van der Waals surface area contributed by atoms with Crippen molar-refractivity contribution in [2.45, 2.75) is 25.9 Å². The Balaban J connectivity index is 2.02. The Bertz CT molecular complexity index is 490. The Labute approximate surface area is 112 Å². The van der Waals surface area contributed by atoms with E-state index in [1.165, 1.54) is 5.06 Å². The van der Waals surface area contributed by atoms with Crippen molar-refractivity contribution in [3.63, 3.8) is 0 Å². The predicted molar refractivity (Wildman–Crippen MR) is 68.1 cm³/mol. The lowest BCUT2D eigenvalue weighted by atomic mass is 10.2. The van der Waals surface area contributed by atoms with Gasteiger partial charge in [-0.2, -0.15) is 5.26 Å². The molecule has 0 aromatic heterocycles. The van der Waals surface area contributed by atoms with E-state index in [9.17, 15) is 4.79 Å². The molecule has 1 amide bonds. The molecule has 1 aromatic rings. The first-order valence-electron chi connectivity index (χ1n) is 6.32. The highest BCUT2D eigenvalue weighted by Crippen LogP contribution is 2.19. The molecule has 1 aliphatic rings. The number of ether oxygens (including phenoxy) is 1. The minimum Gasteiger partial charge on any atom is -0.479 e. The second-order valence-corrected chi connectivity index (χ2v) is 4.35. The van der Waals surface area contributed by atoms with Crippen molar-refractivity contribution < 1.29 is 14.4 Å². The summed E-state index contributed by atoms with van der Waals surface area (Å²) in [6, 6.07) is 8.90. The van der Waals surface area contributed by atoms with Crippen LogP contribution >= 0.6 is 0 Å². The number of carbonyl (C=O) groups is 1. The van der Waals surface area contributed by atoms with Crippen molar-refractivity contribution in [1.82, 2.24) is 5.06 Å². The maximum Gasteiger partial charge on any atom is 0.286 e. The Morgan fingerprint density at radius 1 is 1.47 bits per heavy atom. The number of rotatable bonds is 3. The average molecular weight is 260 g/mol. The standard InChI is InChI=1S/C14H16N2O3/c1-11(14(17)16-8-4-5-9-18-16)19-13-7-3-2-6-12(13)10-15/h2-3,6-7,11H,4-5,8-9H2,1H3. The van der Waals surface area contributed by atoms with Gasteiger partial charge in [0, 0.05) is 6.54 Å². The molecule has 5 heteroatoms. The van der Waals surface area contributed by atoms with Crippen molar-refractivity contribution in [2.24, 2.45) is 0 Å². The number of hydrogen-bond acceptors (Lipinski definition) is 4. The van der Waals surface area contributed by atoms with Crippen LogP contribution < -0.4 is 4.74 Å². The van der Waals surface area contributed by atoms with Gasteiger partial charge in [-0.25, -0.2) is 5.06 Å². The number of para-hydroxylation sites is 1. The summed E-state index contributed by atoms with van der Waals surface area (Å²) in [4.78, 5) is 17.4. The van der Waals surface area contributed by atoms with Crippen LogP contribution in [0.5, 0.6) is 5.75 Å². The topological polar surface area (TPSA) is 62.6 Å². The van der Waals surface area contributed by atoms with Gasteiger partial charge in [0.15, 0.2) is 6.10 Å². The van der Waals surface area contributed by atoms with Crippen LogP contribution in [0.2, 0.25) is 0 Å². The Morgan fingerprint density at radius 2 is 2.26 bits per heavy atom. The summed E-state index contributed by atoms with van der Waals surface area (Å²) in [5.41, 5.74) is 0.418. The van der Waals surface area contributed by atoms with Crippen LogP contribution in [0.4, 0.5) is 0 Å². The molecule has 1 fully saturated rings. The minimum absolute atomic E-state index is 0.215. The second kappa shape index (κ2) is 6.21. The van der Waals surface area contributed by atoms with Crippen LogP contribution in [0.1, 0.15) is 25.3 Å². The molecule has 19 heavy (non-hydrogen) atoms. The number of carbonyl (C=O) groups excluding carboxylic acids is 1. The van der Waals surface area contributed by atoms with E-state index in [4.69, 9.17) is 14.8 Å². The SMILES string of the molecule is CC(Oc1ccccc1C#N)C(=O)N1CCCCO1. The van der Waals surface area contributed by atoms with Gasteiger partial charge in [0.05, 0.1) is 12.2 Å². The van der Waals surface area contributed by atoms with Gasteiger partial charge in [0.1, 0.15) is 11.8 Å². The molecule has 1 unspecified atom stereocenters. The summed E-state index contributed by atoms with van der Waals surface area (Å²) < 4.78 is 5.56. The van der Waals surface area contributed by atoms with E-state index >= 15 is 0 Å². The third-order valence-electron chi connectivity index (χ3n) is 2.91. The van der Waals surface area contributed by atoms with Crippen molar-refractivity contribution >= 4 is 5.91 Å². The van der Waals surface area contributed by atoms with Crippen molar-refractivity contribution in [3.8, 4) is 11.8 Å². The van der Waals surface area contributed by atoms with E-state index in [-0.39, 0.29) is 5.91 Å². The largest absolute Gasteiger partial charge is 0.479 e. The minimum atomic E-state index is -0.674. The van der Waals surface area contributed by atoms with Gasteiger partial charge in [0.2, 0.25) is 0 Å². The second-order valence-electron chi connectivity index (χ2n) is 4.35. The highest BCUT2D eigenvalue weighted by Gasteiger charge is 2.25. The van der Waals surface area contributed by atoms with E-state index in [0.717, 1.165) is 12.8 Å². The molecule has 0 bridgehead atoms. The zero-order chi connectivity index (χ0) is 13.7. The number of amides is 1. The Morgan fingerprint density at radius 3 is 2.95 bits per heavy atom. The summed E-state index contributed by atoms with van der Waals surface area (Å²) in [7, 11) is 0. The Kier molecular flexibility index (Phi) is 4.37. The molecule has 1 saturated heterocycles. The van der Waals surface area contributed by atoms with Gasteiger partial charge in [0.25, 0.3) is 5.91 Å². The van der Waals surface area contributed by atoms with E-state index < -0.39 is 6.10 Å². The zero-order valence-corrected chi connectivity index (χ0v) is 10.8. The van der Waals surface area contributed by atoms with Gasteiger partial charge in [-0.3, -0.25) is 9.63 Å². The number of hydroxylamine groups is 2. The quantitative estimate of drug-likeness (QED) is 0.832. The van der Waals surface area contributed by atoms with Crippen molar-refractivity contribution in [1.29, 1.82) is 5.26 Å². The molecule has 1 aromatic carbocycles. The van der Waals surface area contributed by atoms with E-state index in [0.29, 0.717) is 24.5 Å². The lowest BCUT2D eigenvalue weighted by Crippen LogP contribution is -2.43. The molecule has 0 spiro atoms. The fraction of sp³-hybridized carbons (Fsp3) is 0.429. The first kappa shape index (κ1) is 13.4. The summed E-state index contributed by atoms with van der Waals surface area (Å²) in [5.74, 6) is 0.204. The lowest BCUT2D eigenvalue weighted by molar-refractivity contribution is -0.203.